The molecular formula is C24H41NO9. The second kappa shape index (κ2) is 24.5. The third-order valence-corrected chi connectivity index (χ3v) is 4.24. The predicted molar refractivity (Wildman–Crippen MR) is 127 cm³/mol. The van der Waals surface area contributed by atoms with Gasteiger partial charge in [-0.25, -0.2) is 0 Å². The topological polar surface area (TPSA) is 103 Å². The number of likely N-dealkylation sites (N-methyl/N-ethyl adjacent to an activating group) is 1. The van der Waals surface area contributed by atoms with Gasteiger partial charge in [-0.05, 0) is 31.3 Å². The molecule has 0 aliphatic rings. The summed E-state index contributed by atoms with van der Waals surface area (Å²) in [5.41, 5.74) is 0.623. The summed E-state index contributed by atoms with van der Waals surface area (Å²) in [5, 5.41) is 3.01. The lowest BCUT2D eigenvalue weighted by molar-refractivity contribution is -0.0211. The molecular weight excluding hydrogens is 446 g/mol. The first-order valence-corrected chi connectivity index (χ1v) is 11.7. The monoisotopic (exact) mass is 487 g/mol. The number of hydrogen-bond acceptors (Lipinski definition) is 10. The average Bonchev–Trinajstić information content (AvgIpc) is 2.87. The number of benzene rings is 1. The Kier molecular flexibility index (Phi) is 21.9. The van der Waals surface area contributed by atoms with Crippen molar-refractivity contribution in [1.29, 1.82) is 0 Å². The lowest BCUT2D eigenvalue weighted by Gasteiger charge is -2.09. The van der Waals surface area contributed by atoms with Gasteiger partial charge >= 0.3 is 0 Å². The van der Waals surface area contributed by atoms with Gasteiger partial charge in [0.15, 0.2) is 0 Å². The fourth-order valence-corrected chi connectivity index (χ4v) is 2.46. The van der Waals surface area contributed by atoms with Crippen molar-refractivity contribution in [2.75, 3.05) is 113 Å². The number of aldehydes is 1. The third-order valence-electron chi connectivity index (χ3n) is 4.24. The van der Waals surface area contributed by atoms with E-state index in [1.54, 1.807) is 24.3 Å². The SMILES string of the molecule is CNCCOCCOCCOCCOCCOCCOCCOCCOc1ccc(C=O)cc1. The maximum Gasteiger partial charge on any atom is 0.150 e. The van der Waals surface area contributed by atoms with Crippen LogP contribution in [0.5, 0.6) is 5.75 Å². The van der Waals surface area contributed by atoms with Crippen LogP contribution in [0.15, 0.2) is 24.3 Å². The van der Waals surface area contributed by atoms with Crippen LogP contribution < -0.4 is 10.1 Å². The Hall–Kier alpha value is -1.63. The van der Waals surface area contributed by atoms with Crippen molar-refractivity contribution in [3.05, 3.63) is 29.8 Å². The Balaban J connectivity index is 1.68. The van der Waals surface area contributed by atoms with E-state index in [9.17, 15) is 4.79 Å². The highest BCUT2D eigenvalue weighted by Gasteiger charge is 1.97. The van der Waals surface area contributed by atoms with Crippen LogP contribution in [-0.2, 0) is 33.2 Å². The van der Waals surface area contributed by atoms with Crippen LogP contribution in [0, 0.1) is 0 Å². The van der Waals surface area contributed by atoms with Crippen LogP contribution >= 0.6 is 0 Å². The highest BCUT2D eigenvalue weighted by molar-refractivity contribution is 5.74. The van der Waals surface area contributed by atoms with Crippen molar-refractivity contribution in [3.63, 3.8) is 0 Å². The van der Waals surface area contributed by atoms with E-state index in [1.165, 1.54) is 0 Å². The summed E-state index contributed by atoms with van der Waals surface area (Å²) in [6, 6.07) is 6.94. The van der Waals surface area contributed by atoms with Gasteiger partial charge in [0.05, 0.1) is 92.5 Å². The summed E-state index contributed by atoms with van der Waals surface area (Å²) >= 11 is 0. The van der Waals surface area contributed by atoms with Crippen LogP contribution in [0.4, 0.5) is 0 Å². The average molecular weight is 488 g/mol. The summed E-state index contributed by atoms with van der Waals surface area (Å²) < 4.78 is 43.4. The zero-order chi connectivity index (χ0) is 24.4. The van der Waals surface area contributed by atoms with E-state index in [4.69, 9.17) is 37.9 Å². The predicted octanol–water partition coefficient (Wildman–Crippen LogP) is 1.21. The van der Waals surface area contributed by atoms with Gasteiger partial charge in [-0.1, -0.05) is 0 Å². The van der Waals surface area contributed by atoms with Crippen molar-refractivity contribution < 1.29 is 42.7 Å². The Morgan fingerprint density at radius 1 is 0.559 bits per heavy atom. The summed E-state index contributed by atoms with van der Waals surface area (Å²) in [5.74, 6) is 0.710. The van der Waals surface area contributed by atoms with Crippen molar-refractivity contribution in [2.45, 2.75) is 0 Å². The minimum atomic E-state index is 0.440. The number of carbonyl (C=O) groups is 1. The van der Waals surface area contributed by atoms with E-state index < -0.39 is 0 Å². The number of nitrogens with one attached hydrogen (secondary N) is 1. The van der Waals surface area contributed by atoms with Crippen LogP contribution in [-0.4, -0.2) is 119 Å². The van der Waals surface area contributed by atoms with Gasteiger partial charge in [-0.2, -0.15) is 0 Å². The Bertz CT molecular complexity index is 560. The highest BCUT2D eigenvalue weighted by Crippen LogP contribution is 2.10. The first-order valence-electron chi connectivity index (χ1n) is 11.7. The van der Waals surface area contributed by atoms with Crippen LogP contribution in [0.3, 0.4) is 0 Å². The van der Waals surface area contributed by atoms with E-state index >= 15 is 0 Å². The largest absolute Gasteiger partial charge is 0.491 e. The molecule has 0 bridgehead atoms. The maximum absolute atomic E-state index is 10.6. The molecule has 1 aromatic rings. The molecule has 0 amide bonds. The summed E-state index contributed by atoms with van der Waals surface area (Å²) in [7, 11) is 1.89. The van der Waals surface area contributed by atoms with Crippen LogP contribution in [0.25, 0.3) is 0 Å². The van der Waals surface area contributed by atoms with Gasteiger partial charge in [0.2, 0.25) is 0 Å². The highest BCUT2D eigenvalue weighted by atomic mass is 16.6. The molecule has 10 nitrogen and oxygen atoms in total. The van der Waals surface area contributed by atoms with E-state index in [0.29, 0.717) is 110 Å². The molecule has 1 rings (SSSR count). The van der Waals surface area contributed by atoms with Gasteiger partial charge in [0, 0.05) is 12.1 Å². The van der Waals surface area contributed by atoms with Crippen molar-refractivity contribution >= 4 is 6.29 Å². The molecule has 34 heavy (non-hydrogen) atoms. The first kappa shape index (κ1) is 30.4. The molecule has 0 aliphatic heterocycles. The van der Waals surface area contributed by atoms with E-state index in [1.807, 2.05) is 7.05 Å². The molecule has 0 saturated heterocycles. The smallest absolute Gasteiger partial charge is 0.150 e. The first-order chi connectivity index (χ1) is 16.9. The molecule has 0 aromatic heterocycles. The molecule has 0 radical (unpaired) electrons. The minimum Gasteiger partial charge on any atom is -0.491 e. The number of hydrogen-bond donors (Lipinski definition) is 1. The minimum absolute atomic E-state index is 0.440. The summed E-state index contributed by atoms with van der Waals surface area (Å²) in [6.45, 7) is 8.81. The van der Waals surface area contributed by atoms with Crippen molar-refractivity contribution in [2.24, 2.45) is 0 Å². The Morgan fingerprint density at radius 2 is 0.912 bits per heavy atom. The summed E-state index contributed by atoms with van der Waals surface area (Å²) in [6.07, 6.45) is 0.800. The molecule has 0 saturated carbocycles. The second-order valence-electron chi connectivity index (χ2n) is 6.93. The molecule has 0 atom stereocenters. The van der Waals surface area contributed by atoms with E-state index in [2.05, 4.69) is 5.32 Å². The van der Waals surface area contributed by atoms with Gasteiger partial charge in [0.1, 0.15) is 18.6 Å². The Labute approximate surface area is 203 Å². The van der Waals surface area contributed by atoms with Gasteiger partial charge in [-0.15, -0.1) is 0 Å². The van der Waals surface area contributed by atoms with Crippen LogP contribution in [0.2, 0.25) is 0 Å². The van der Waals surface area contributed by atoms with Gasteiger partial charge < -0.3 is 43.2 Å². The quantitative estimate of drug-likeness (QED) is 0.152. The van der Waals surface area contributed by atoms with Gasteiger partial charge in [0.25, 0.3) is 0 Å². The lowest BCUT2D eigenvalue weighted by atomic mass is 10.2. The zero-order valence-electron chi connectivity index (χ0n) is 20.4. The fourth-order valence-electron chi connectivity index (χ4n) is 2.46. The zero-order valence-corrected chi connectivity index (χ0v) is 20.4. The Morgan fingerprint density at radius 3 is 1.26 bits per heavy atom. The second-order valence-corrected chi connectivity index (χ2v) is 6.93. The molecule has 196 valence electrons. The molecule has 1 N–H and O–H groups in total. The number of ether oxygens (including phenoxy) is 8. The molecule has 1 aromatic carbocycles. The normalized spacial score (nSPS) is 11.1. The fraction of sp³-hybridized carbons (Fsp3) is 0.708. The van der Waals surface area contributed by atoms with Crippen molar-refractivity contribution in [3.8, 4) is 5.75 Å². The van der Waals surface area contributed by atoms with Crippen molar-refractivity contribution in [1.82, 2.24) is 5.32 Å². The molecule has 10 heteroatoms. The molecule has 0 spiro atoms. The lowest BCUT2D eigenvalue weighted by Crippen LogP contribution is -2.17. The maximum atomic E-state index is 10.6. The molecule has 0 unspecified atom stereocenters. The molecule has 0 aliphatic carbocycles. The van der Waals surface area contributed by atoms with E-state index in [-0.39, 0.29) is 0 Å². The number of rotatable bonds is 26. The van der Waals surface area contributed by atoms with Gasteiger partial charge in [-0.3, -0.25) is 4.79 Å². The standard InChI is InChI=1S/C24H41NO9/c1-25-6-7-27-8-9-28-10-11-29-12-13-30-14-15-31-16-17-32-18-19-33-20-21-34-24-4-2-23(22-26)3-5-24/h2-5,22,25H,6-21H2,1H3. The van der Waals surface area contributed by atoms with Crippen LogP contribution in [0.1, 0.15) is 10.4 Å². The summed E-state index contributed by atoms with van der Waals surface area (Å²) in [4.78, 5) is 10.6. The molecule has 0 fully saturated rings. The molecule has 0 heterocycles. The van der Waals surface area contributed by atoms with E-state index in [0.717, 1.165) is 12.8 Å². The third kappa shape index (κ3) is 19.8. The number of carbonyl (C=O) groups excluding carboxylic acids is 1.